The second kappa shape index (κ2) is 8.13. The van der Waals surface area contributed by atoms with Crippen molar-refractivity contribution in [3.63, 3.8) is 0 Å². The Morgan fingerprint density at radius 3 is 2.59 bits per heavy atom. The molecule has 0 radical (unpaired) electrons. The Morgan fingerprint density at radius 1 is 1.12 bits per heavy atom. The zero-order valence-corrected chi connectivity index (χ0v) is 12.5. The Bertz CT molecular complexity index is 190. The highest BCUT2D eigenvalue weighted by Crippen LogP contribution is 2.28. The molecule has 0 aromatic rings. The molecule has 1 aliphatic rings. The average Bonchev–Trinajstić information content (AvgIpc) is 2.29. The minimum atomic E-state index is 0.713. The van der Waals surface area contributed by atoms with Crippen LogP contribution in [0.3, 0.4) is 0 Å². The van der Waals surface area contributed by atoms with Crippen LogP contribution < -0.4 is 5.32 Å². The van der Waals surface area contributed by atoms with Gasteiger partial charge in [0.05, 0.1) is 0 Å². The van der Waals surface area contributed by atoms with Crippen LogP contribution in [0.5, 0.6) is 0 Å². The van der Waals surface area contributed by atoms with Crippen molar-refractivity contribution in [1.82, 2.24) is 5.32 Å². The van der Waals surface area contributed by atoms with E-state index in [1.165, 1.54) is 51.4 Å². The quantitative estimate of drug-likeness (QED) is 0.632. The maximum Gasteiger partial charge on any atom is 0.00977 e. The lowest BCUT2D eigenvalue weighted by Crippen LogP contribution is -2.43. The van der Waals surface area contributed by atoms with Gasteiger partial charge in [-0.3, -0.25) is 0 Å². The summed E-state index contributed by atoms with van der Waals surface area (Å²) >= 11 is 0. The molecule has 1 aliphatic carbocycles. The van der Waals surface area contributed by atoms with Gasteiger partial charge < -0.3 is 5.32 Å². The van der Waals surface area contributed by atoms with Gasteiger partial charge in [0.15, 0.2) is 0 Å². The smallest absolute Gasteiger partial charge is 0.00977 e. The maximum atomic E-state index is 3.88. The van der Waals surface area contributed by atoms with Gasteiger partial charge in [-0.25, -0.2) is 0 Å². The summed E-state index contributed by atoms with van der Waals surface area (Å²) in [5.41, 5.74) is 0. The summed E-state index contributed by atoms with van der Waals surface area (Å²) in [5.74, 6) is 1.81. The van der Waals surface area contributed by atoms with Crippen LogP contribution in [0, 0.1) is 11.8 Å². The maximum absolute atomic E-state index is 3.88. The Hall–Kier alpha value is -0.0400. The van der Waals surface area contributed by atoms with Crippen molar-refractivity contribution in [1.29, 1.82) is 0 Å². The first kappa shape index (κ1) is 15.0. The topological polar surface area (TPSA) is 12.0 Å². The van der Waals surface area contributed by atoms with Gasteiger partial charge in [0.25, 0.3) is 0 Å². The third-order valence-corrected chi connectivity index (χ3v) is 4.45. The molecule has 1 saturated carbocycles. The zero-order valence-electron chi connectivity index (χ0n) is 12.5. The summed E-state index contributed by atoms with van der Waals surface area (Å²) in [6.07, 6.45) is 11.2. The predicted octanol–water partition coefficient (Wildman–Crippen LogP) is 4.76. The first-order chi connectivity index (χ1) is 8.13. The normalized spacial score (nSPS) is 31.4. The minimum Gasteiger partial charge on any atom is -0.311 e. The van der Waals surface area contributed by atoms with Gasteiger partial charge in [-0.2, -0.15) is 0 Å². The molecule has 1 fully saturated rings. The summed E-state index contributed by atoms with van der Waals surface area (Å²) in [5, 5.41) is 3.88. The lowest BCUT2D eigenvalue weighted by molar-refractivity contribution is 0.212. The fourth-order valence-electron chi connectivity index (χ4n) is 3.09. The summed E-state index contributed by atoms with van der Waals surface area (Å²) < 4.78 is 0. The highest BCUT2D eigenvalue weighted by atomic mass is 15.0. The van der Waals surface area contributed by atoms with Crippen LogP contribution in [0.1, 0.15) is 79.1 Å². The van der Waals surface area contributed by atoms with Crippen molar-refractivity contribution in [2.45, 2.75) is 91.1 Å². The third-order valence-electron chi connectivity index (χ3n) is 4.45. The molecule has 4 unspecified atom stereocenters. The van der Waals surface area contributed by atoms with Crippen molar-refractivity contribution in [2.24, 2.45) is 11.8 Å². The Morgan fingerprint density at radius 2 is 1.88 bits per heavy atom. The molecule has 0 aromatic heterocycles. The Labute approximate surface area is 109 Å². The van der Waals surface area contributed by atoms with E-state index in [-0.39, 0.29) is 0 Å². The van der Waals surface area contributed by atoms with E-state index in [0.717, 1.165) is 17.9 Å². The standard InChI is InChI=1S/C16H33N/c1-5-6-7-8-9-15(4)17-16-12-13(2)10-11-14(16)3/h13-17H,5-12H2,1-4H3. The molecule has 0 aromatic carbocycles. The number of nitrogens with one attached hydrogen (secondary N) is 1. The highest BCUT2D eigenvalue weighted by molar-refractivity contribution is 4.83. The van der Waals surface area contributed by atoms with Crippen molar-refractivity contribution in [3.8, 4) is 0 Å². The fourth-order valence-corrected chi connectivity index (χ4v) is 3.09. The highest BCUT2D eigenvalue weighted by Gasteiger charge is 2.25. The molecule has 0 amide bonds. The molecule has 17 heavy (non-hydrogen) atoms. The van der Waals surface area contributed by atoms with Crippen LogP contribution in [0.4, 0.5) is 0 Å². The molecule has 1 rings (SSSR count). The second-order valence-electron chi connectivity index (χ2n) is 6.42. The van der Waals surface area contributed by atoms with Crippen LogP contribution in [-0.2, 0) is 0 Å². The van der Waals surface area contributed by atoms with Crippen molar-refractivity contribution in [3.05, 3.63) is 0 Å². The van der Waals surface area contributed by atoms with Crippen molar-refractivity contribution in [2.75, 3.05) is 0 Å². The van der Waals surface area contributed by atoms with Crippen LogP contribution in [-0.4, -0.2) is 12.1 Å². The van der Waals surface area contributed by atoms with Crippen LogP contribution in [0.2, 0.25) is 0 Å². The van der Waals surface area contributed by atoms with Crippen LogP contribution >= 0.6 is 0 Å². The summed E-state index contributed by atoms with van der Waals surface area (Å²) in [6.45, 7) is 9.49. The number of hydrogen-bond donors (Lipinski definition) is 1. The van der Waals surface area contributed by atoms with Gasteiger partial charge >= 0.3 is 0 Å². The molecule has 1 nitrogen and oxygen atoms in total. The molecule has 0 spiro atoms. The lowest BCUT2D eigenvalue weighted by atomic mass is 9.79. The largest absolute Gasteiger partial charge is 0.311 e. The van der Waals surface area contributed by atoms with E-state index >= 15 is 0 Å². The SMILES string of the molecule is CCCCCCC(C)NC1CC(C)CCC1C. The summed E-state index contributed by atoms with van der Waals surface area (Å²) in [6, 6.07) is 1.49. The zero-order chi connectivity index (χ0) is 12.7. The van der Waals surface area contributed by atoms with Crippen LogP contribution in [0.25, 0.3) is 0 Å². The van der Waals surface area contributed by atoms with Crippen molar-refractivity contribution >= 4 is 0 Å². The second-order valence-corrected chi connectivity index (χ2v) is 6.42. The monoisotopic (exact) mass is 239 g/mol. The third kappa shape index (κ3) is 5.90. The Balaban J connectivity index is 2.17. The van der Waals surface area contributed by atoms with E-state index in [0.29, 0.717) is 6.04 Å². The van der Waals surface area contributed by atoms with E-state index in [1.54, 1.807) is 0 Å². The first-order valence-electron chi connectivity index (χ1n) is 7.89. The molecule has 102 valence electrons. The summed E-state index contributed by atoms with van der Waals surface area (Å²) in [7, 11) is 0. The van der Waals surface area contributed by atoms with Crippen LogP contribution in [0.15, 0.2) is 0 Å². The minimum absolute atomic E-state index is 0.713. The molecular weight excluding hydrogens is 206 g/mol. The lowest BCUT2D eigenvalue weighted by Gasteiger charge is -2.35. The number of unbranched alkanes of at least 4 members (excludes halogenated alkanes) is 3. The molecule has 0 heterocycles. The molecule has 1 heteroatoms. The van der Waals surface area contributed by atoms with Gasteiger partial charge in [-0.1, -0.05) is 52.9 Å². The van der Waals surface area contributed by atoms with Gasteiger partial charge in [-0.15, -0.1) is 0 Å². The first-order valence-corrected chi connectivity index (χ1v) is 7.89. The predicted molar refractivity (Wildman–Crippen MR) is 77.3 cm³/mol. The molecule has 0 bridgehead atoms. The fraction of sp³-hybridized carbons (Fsp3) is 1.00. The molecular formula is C16H33N. The number of rotatable bonds is 7. The molecule has 0 aliphatic heterocycles. The summed E-state index contributed by atoms with van der Waals surface area (Å²) in [4.78, 5) is 0. The van der Waals surface area contributed by atoms with E-state index in [1.807, 2.05) is 0 Å². The number of hydrogen-bond acceptors (Lipinski definition) is 1. The van der Waals surface area contributed by atoms with Gasteiger partial charge in [-0.05, 0) is 38.0 Å². The van der Waals surface area contributed by atoms with E-state index < -0.39 is 0 Å². The molecule has 4 atom stereocenters. The van der Waals surface area contributed by atoms with Gasteiger partial charge in [0, 0.05) is 12.1 Å². The van der Waals surface area contributed by atoms with E-state index in [4.69, 9.17) is 0 Å². The van der Waals surface area contributed by atoms with E-state index in [9.17, 15) is 0 Å². The van der Waals surface area contributed by atoms with Gasteiger partial charge in [0.1, 0.15) is 0 Å². The van der Waals surface area contributed by atoms with Gasteiger partial charge in [0.2, 0.25) is 0 Å². The molecule has 1 N–H and O–H groups in total. The molecule has 0 saturated heterocycles. The van der Waals surface area contributed by atoms with Crippen molar-refractivity contribution < 1.29 is 0 Å². The Kier molecular flexibility index (Phi) is 7.18. The van der Waals surface area contributed by atoms with E-state index in [2.05, 4.69) is 33.0 Å². The average molecular weight is 239 g/mol.